The number of amides is 2. The molecule has 3 N–H and O–H groups in total. The number of carbonyl (C=O) groups is 2. The van der Waals surface area contributed by atoms with Crippen molar-refractivity contribution in [1.82, 2.24) is 10.6 Å². The average molecular weight is 274 g/mol. The number of nitrogens with one attached hydrogen (secondary N) is 2. The fourth-order valence-electron chi connectivity index (χ4n) is 1.70. The number of carbonyl (C=O) groups excluding carboxylic acids is 1. The standard InChI is InChI=1S/C13H26N2O4/c1-2-19-13(18)15-11-9-7-5-3-4-6-8-10-14-12(16)17/h14H,2-11H2,1H3,(H,15,18)(H,16,17). The fourth-order valence-corrected chi connectivity index (χ4v) is 1.70. The van der Waals surface area contributed by atoms with E-state index in [1.165, 1.54) is 0 Å². The number of hydrogen-bond acceptors (Lipinski definition) is 3. The predicted octanol–water partition coefficient (Wildman–Crippen LogP) is 2.73. The summed E-state index contributed by atoms with van der Waals surface area (Å²) in [5.74, 6) is 0. The molecule has 0 heterocycles. The summed E-state index contributed by atoms with van der Waals surface area (Å²) in [7, 11) is 0. The smallest absolute Gasteiger partial charge is 0.407 e. The fraction of sp³-hybridized carbons (Fsp3) is 0.846. The molecule has 0 aromatic carbocycles. The molecule has 0 saturated heterocycles. The van der Waals surface area contributed by atoms with Gasteiger partial charge < -0.3 is 20.5 Å². The summed E-state index contributed by atoms with van der Waals surface area (Å²) in [6, 6.07) is 0. The number of ether oxygens (including phenoxy) is 1. The van der Waals surface area contributed by atoms with E-state index in [2.05, 4.69) is 10.6 Å². The van der Waals surface area contributed by atoms with Crippen LogP contribution in [0, 0.1) is 0 Å². The lowest BCUT2D eigenvalue weighted by molar-refractivity contribution is 0.152. The summed E-state index contributed by atoms with van der Waals surface area (Å²) < 4.78 is 4.74. The van der Waals surface area contributed by atoms with Crippen molar-refractivity contribution >= 4 is 12.2 Å². The molecule has 19 heavy (non-hydrogen) atoms. The number of carboxylic acid groups (broad SMARTS) is 1. The normalized spacial score (nSPS) is 9.95. The molecular weight excluding hydrogens is 248 g/mol. The zero-order chi connectivity index (χ0) is 14.3. The molecule has 112 valence electrons. The van der Waals surface area contributed by atoms with E-state index in [4.69, 9.17) is 9.84 Å². The van der Waals surface area contributed by atoms with E-state index in [1.54, 1.807) is 6.92 Å². The molecular formula is C13H26N2O4. The Morgan fingerprint density at radius 1 is 0.895 bits per heavy atom. The molecule has 6 nitrogen and oxygen atoms in total. The van der Waals surface area contributed by atoms with Gasteiger partial charge in [0, 0.05) is 13.1 Å². The molecule has 0 unspecified atom stereocenters. The van der Waals surface area contributed by atoms with Crippen LogP contribution in [0.5, 0.6) is 0 Å². The van der Waals surface area contributed by atoms with E-state index >= 15 is 0 Å². The quantitative estimate of drug-likeness (QED) is 0.505. The molecule has 0 aliphatic heterocycles. The van der Waals surface area contributed by atoms with Crippen LogP contribution in [0.2, 0.25) is 0 Å². The lowest BCUT2D eigenvalue weighted by atomic mass is 10.1. The van der Waals surface area contributed by atoms with E-state index in [0.717, 1.165) is 44.9 Å². The first-order valence-electron chi connectivity index (χ1n) is 7.04. The van der Waals surface area contributed by atoms with Crippen molar-refractivity contribution in [3.8, 4) is 0 Å². The summed E-state index contributed by atoms with van der Waals surface area (Å²) in [5.41, 5.74) is 0. The Hall–Kier alpha value is -1.46. The molecule has 0 spiro atoms. The maximum absolute atomic E-state index is 10.9. The Bertz CT molecular complexity index is 247. The van der Waals surface area contributed by atoms with Crippen LogP contribution in [-0.2, 0) is 4.74 Å². The largest absolute Gasteiger partial charge is 0.465 e. The Balaban J connectivity index is 3.06. The summed E-state index contributed by atoms with van der Waals surface area (Å²) in [6.07, 6.45) is 6.18. The highest BCUT2D eigenvalue weighted by molar-refractivity contribution is 5.66. The van der Waals surface area contributed by atoms with Gasteiger partial charge in [0.1, 0.15) is 0 Å². The van der Waals surface area contributed by atoms with Crippen LogP contribution in [0.4, 0.5) is 9.59 Å². The second-order valence-electron chi connectivity index (χ2n) is 4.35. The van der Waals surface area contributed by atoms with E-state index in [0.29, 0.717) is 19.7 Å². The first-order valence-corrected chi connectivity index (χ1v) is 7.04. The Morgan fingerprint density at radius 2 is 1.37 bits per heavy atom. The van der Waals surface area contributed by atoms with Crippen molar-refractivity contribution in [2.24, 2.45) is 0 Å². The minimum absolute atomic E-state index is 0.339. The molecule has 0 aliphatic carbocycles. The maximum atomic E-state index is 10.9. The average Bonchev–Trinajstić information content (AvgIpc) is 2.36. The van der Waals surface area contributed by atoms with Crippen molar-refractivity contribution in [1.29, 1.82) is 0 Å². The van der Waals surface area contributed by atoms with Gasteiger partial charge in [0.2, 0.25) is 0 Å². The number of rotatable bonds is 11. The van der Waals surface area contributed by atoms with E-state index < -0.39 is 6.09 Å². The van der Waals surface area contributed by atoms with Gasteiger partial charge in [-0.15, -0.1) is 0 Å². The third-order valence-corrected chi connectivity index (χ3v) is 2.67. The van der Waals surface area contributed by atoms with Crippen molar-refractivity contribution in [2.75, 3.05) is 19.7 Å². The number of hydrogen-bond donors (Lipinski definition) is 3. The Kier molecular flexibility index (Phi) is 12.0. The highest BCUT2D eigenvalue weighted by atomic mass is 16.5. The molecule has 0 fully saturated rings. The lowest BCUT2D eigenvalue weighted by Crippen LogP contribution is -2.25. The molecule has 2 amide bonds. The number of unbranched alkanes of at least 4 members (excludes halogenated alkanes) is 6. The second kappa shape index (κ2) is 13.0. The molecule has 0 rings (SSSR count). The minimum atomic E-state index is -0.950. The van der Waals surface area contributed by atoms with Gasteiger partial charge in [-0.2, -0.15) is 0 Å². The SMILES string of the molecule is CCOC(=O)NCCCCCCCCCNC(=O)O. The Morgan fingerprint density at radius 3 is 1.84 bits per heavy atom. The van der Waals surface area contributed by atoms with Gasteiger partial charge in [-0.1, -0.05) is 32.1 Å². The number of alkyl carbamates (subject to hydrolysis) is 1. The lowest BCUT2D eigenvalue weighted by Gasteiger charge is -2.05. The van der Waals surface area contributed by atoms with Gasteiger partial charge in [0.25, 0.3) is 0 Å². The Labute approximate surface area is 114 Å². The molecule has 0 aliphatic rings. The molecule has 0 atom stereocenters. The highest BCUT2D eigenvalue weighted by Crippen LogP contribution is 2.06. The predicted molar refractivity (Wildman–Crippen MR) is 73.4 cm³/mol. The zero-order valence-electron chi connectivity index (χ0n) is 11.7. The minimum Gasteiger partial charge on any atom is -0.465 e. The first kappa shape index (κ1) is 17.5. The van der Waals surface area contributed by atoms with Crippen molar-refractivity contribution in [3.05, 3.63) is 0 Å². The van der Waals surface area contributed by atoms with Gasteiger partial charge in [-0.3, -0.25) is 0 Å². The van der Waals surface area contributed by atoms with Crippen LogP contribution >= 0.6 is 0 Å². The van der Waals surface area contributed by atoms with Crippen LogP contribution in [0.15, 0.2) is 0 Å². The van der Waals surface area contributed by atoms with Gasteiger partial charge in [-0.25, -0.2) is 9.59 Å². The van der Waals surface area contributed by atoms with Gasteiger partial charge in [0.05, 0.1) is 6.61 Å². The highest BCUT2D eigenvalue weighted by Gasteiger charge is 1.98. The third kappa shape index (κ3) is 14.5. The maximum Gasteiger partial charge on any atom is 0.407 e. The summed E-state index contributed by atoms with van der Waals surface area (Å²) in [4.78, 5) is 21.1. The zero-order valence-corrected chi connectivity index (χ0v) is 11.7. The van der Waals surface area contributed by atoms with Crippen LogP contribution < -0.4 is 10.6 Å². The summed E-state index contributed by atoms with van der Waals surface area (Å²) in [6.45, 7) is 3.40. The van der Waals surface area contributed by atoms with Crippen molar-refractivity contribution in [3.63, 3.8) is 0 Å². The van der Waals surface area contributed by atoms with Crippen molar-refractivity contribution < 1.29 is 19.4 Å². The molecule has 0 aromatic rings. The van der Waals surface area contributed by atoms with Crippen LogP contribution in [0.3, 0.4) is 0 Å². The molecule has 6 heteroatoms. The van der Waals surface area contributed by atoms with E-state index in [9.17, 15) is 9.59 Å². The van der Waals surface area contributed by atoms with Gasteiger partial charge >= 0.3 is 12.2 Å². The molecule has 0 saturated carbocycles. The van der Waals surface area contributed by atoms with Crippen LogP contribution in [0.25, 0.3) is 0 Å². The van der Waals surface area contributed by atoms with Gasteiger partial charge in [-0.05, 0) is 19.8 Å². The first-order chi connectivity index (χ1) is 9.16. The second-order valence-corrected chi connectivity index (χ2v) is 4.35. The molecule has 0 aromatic heterocycles. The molecule has 0 bridgehead atoms. The van der Waals surface area contributed by atoms with Crippen molar-refractivity contribution in [2.45, 2.75) is 51.9 Å². The van der Waals surface area contributed by atoms with E-state index in [1.807, 2.05) is 0 Å². The molecule has 0 radical (unpaired) electrons. The van der Waals surface area contributed by atoms with Crippen LogP contribution in [0.1, 0.15) is 51.9 Å². The van der Waals surface area contributed by atoms with Crippen LogP contribution in [-0.4, -0.2) is 37.0 Å². The summed E-state index contributed by atoms with van der Waals surface area (Å²) >= 11 is 0. The van der Waals surface area contributed by atoms with E-state index in [-0.39, 0.29) is 6.09 Å². The monoisotopic (exact) mass is 274 g/mol. The third-order valence-electron chi connectivity index (χ3n) is 2.67. The summed E-state index contributed by atoms with van der Waals surface area (Å²) in [5, 5.41) is 13.4. The topological polar surface area (TPSA) is 87.7 Å². The van der Waals surface area contributed by atoms with Gasteiger partial charge in [0.15, 0.2) is 0 Å².